The summed E-state index contributed by atoms with van der Waals surface area (Å²) in [4.78, 5) is 16.8. The third kappa shape index (κ3) is 3.73. The summed E-state index contributed by atoms with van der Waals surface area (Å²) in [7, 11) is 0. The first-order valence-electron chi connectivity index (χ1n) is 8.23. The van der Waals surface area contributed by atoms with Crippen LogP contribution >= 0.6 is 0 Å². The van der Waals surface area contributed by atoms with E-state index in [0.717, 1.165) is 38.0 Å². The van der Waals surface area contributed by atoms with Gasteiger partial charge in [-0.05, 0) is 31.0 Å². The molecule has 7 nitrogen and oxygen atoms in total. The number of furan rings is 1. The molecular weight excluding hydrogens is 310 g/mol. The number of pyridine rings is 1. The second-order valence-corrected chi connectivity index (χ2v) is 6.10. The van der Waals surface area contributed by atoms with Gasteiger partial charge >= 0.3 is 0 Å². The normalized spacial score (nSPS) is 19.7. The van der Waals surface area contributed by atoms with Gasteiger partial charge in [-0.15, -0.1) is 0 Å². The Labute approximate surface area is 140 Å². The van der Waals surface area contributed by atoms with E-state index in [9.17, 15) is 15.2 Å². The summed E-state index contributed by atoms with van der Waals surface area (Å²) in [6.45, 7) is 0.834. The fourth-order valence-corrected chi connectivity index (χ4v) is 3.23. The highest BCUT2D eigenvalue weighted by atomic mass is 16.6. The van der Waals surface area contributed by atoms with Gasteiger partial charge in [0.05, 0.1) is 11.2 Å². The SMILES string of the molecule is O=[N+]([O-])c1ccc(N2CCCCC[C@@H]2C[C@H](O)c2ccco2)nc1. The van der Waals surface area contributed by atoms with Crippen molar-refractivity contribution in [3.8, 4) is 0 Å². The average molecular weight is 331 g/mol. The van der Waals surface area contributed by atoms with Crippen molar-refractivity contribution in [1.29, 1.82) is 0 Å². The zero-order chi connectivity index (χ0) is 16.9. The number of nitro groups is 1. The van der Waals surface area contributed by atoms with Gasteiger partial charge in [0.2, 0.25) is 0 Å². The van der Waals surface area contributed by atoms with Crippen molar-refractivity contribution in [3.05, 3.63) is 52.6 Å². The molecule has 3 rings (SSSR count). The Morgan fingerprint density at radius 1 is 1.38 bits per heavy atom. The molecule has 0 saturated carbocycles. The Balaban J connectivity index is 1.78. The van der Waals surface area contributed by atoms with Crippen LogP contribution in [0.2, 0.25) is 0 Å². The maximum Gasteiger partial charge on any atom is 0.287 e. The minimum absolute atomic E-state index is 0.0132. The molecule has 2 atom stereocenters. The van der Waals surface area contributed by atoms with Gasteiger partial charge in [0.15, 0.2) is 0 Å². The molecule has 1 fully saturated rings. The average Bonchev–Trinajstić information content (AvgIpc) is 3.03. The van der Waals surface area contributed by atoms with Crippen LogP contribution in [-0.4, -0.2) is 27.6 Å². The van der Waals surface area contributed by atoms with E-state index in [2.05, 4.69) is 9.88 Å². The third-order valence-corrected chi connectivity index (χ3v) is 4.48. The van der Waals surface area contributed by atoms with Gasteiger partial charge in [0.1, 0.15) is 23.9 Å². The van der Waals surface area contributed by atoms with Crippen LogP contribution in [0.5, 0.6) is 0 Å². The van der Waals surface area contributed by atoms with Crippen LogP contribution < -0.4 is 4.90 Å². The molecule has 3 heterocycles. The van der Waals surface area contributed by atoms with Crippen LogP contribution in [0.15, 0.2) is 41.1 Å². The Hall–Kier alpha value is -2.41. The molecule has 0 radical (unpaired) electrons. The van der Waals surface area contributed by atoms with Crippen LogP contribution in [0.1, 0.15) is 44.0 Å². The minimum Gasteiger partial charge on any atom is -0.467 e. The van der Waals surface area contributed by atoms with Crippen molar-refractivity contribution in [1.82, 2.24) is 4.98 Å². The number of nitrogens with zero attached hydrogens (tertiary/aromatic N) is 3. The van der Waals surface area contributed by atoms with Gasteiger partial charge in [-0.2, -0.15) is 0 Å². The van der Waals surface area contributed by atoms with Crippen molar-refractivity contribution in [3.63, 3.8) is 0 Å². The number of hydrogen-bond donors (Lipinski definition) is 1. The van der Waals surface area contributed by atoms with Gasteiger partial charge in [-0.3, -0.25) is 10.1 Å². The first kappa shape index (κ1) is 16.4. The lowest BCUT2D eigenvalue weighted by molar-refractivity contribution is -0.385. The van der Waals surface area contributed by atoms with E-state index in [-0.39, 0.29) is 11.7 Å². The van der Waals surface area contributed by atoms with Crippen molar-refractivity contribution in [2.24, 2.45) is 0 Å². The fourth-order valence-electron chi connectivity index (χ4n) is 3.23. The summed E-state index contributed by atoms with van der Waals surface area (Å²) in [6.07, 6.45) is 6.97. The summed E-state index contributed by atoms with van der Waals surface area (Å²) in [5, 5.41) is 21.2. The highest BCUT2D eigenvalue weighted by Gasteiger charge is 2.26. The molecular formula is C17H21N3O4. The lowest BCUT2D eigenvalue weighted by Crippen LogP contribution is -2.36. The van der Waals surface area contributed by atoms with Gasteiger partial charge in [-0.1, -0.05) is 12.8 Å². The minimum atomic E-state index is -0.663. The Morgan fingerprint density at radius 3 is 2.92 bits per heavy atom. The van der Waals surface area contributed by atoms with Gasteiger partial charge in [0.25, 0.3) is 5.69 Å². The Bertz CT molecular complexity index is 657. The van der Waals surface area contributed by atoms with Crippen molar-refractivity contribution < 1.29 is 14.4 Å². The Kier molecular flexibility index (Phi) is 5.10. The maximum absolute atomic E-state index is 10.8. The van der Waals surface area contributed by atoms with E-state index >= 15 is 0 Å². The topological polar surface area (TPSA) is 92.6 Å². The van der Waals surface area contributed by atoms with E-state index in [1.807, 2.05) is 0 Å². The second kappa shape index (κ2) is 7.44. The van der Waals surface area contributed by atoms with E-state index in [0.29, 0.717) is 12.2 Å². The molecule has 2 aromatic heterocycles. The maximum atomic E-state index is 10.8. The number of rotatable bonds is 5. The summed E-state index contributed by atoms with van der Waals surface area (Å²) in [6, 6.07) is 6.83. The molecule has 7 heteroatoms. The molecule has 0 bridgehead atoms. The van der Waals surface area contributed by atoms with Gasteiger partial charge in [0, 0.05) is 25.1 Å². The van der Waals surface area contributed by atoms with Crippen molar-refractivity contribution >= 4 is 11.5 Å². The molecule has 1 aliphatic heterocycles. The molecule has 0 aromatic carbocycles. The van der Waals surface area contributed by atoms with Crippen LogP contribution in [0.4, 0.5) is 11.5 Å². The molecule has 2 aromatic rings. The largest absolute Gasteiger partial charge is 0.467 e. The third-order valence-electron chi connectivity index (χ3n) is 4.48. The van der Waals surface area contributed by atoms with Crippen molar-refractivity contribution in [2.75, 3.05) is 11.4 Å². The summed E-state index contributed by atoms with van der Waals surface area (Å²) in [5.74, 6) is 1.29. The van der Waals surface area contributed by atoms with Crippen LogP contribution in [0.3, 0.4) is 0 Å². The van der Waals surface area contributed by atoms with Gasteiger partial charge < -0.3 is 14.4 Å². The first-order chi connectivity index (χ1) is 11.6. The second-order valence-electron chi connectivity index (χ2n) is 6.10. The predicted octanol–water partition coefficient (Wildman–Crippen LogP) is 3.46. The molecule has 0 unspecified atom stereocenters. The van der Waals surface area contributed by atoms with Crippen molar-refractivity contribution in [2.45, 2.75) is 44.2 Å². The first-order valence-corrected chi connectivity index (χ1v) is 8.23. The smallest absolute Gasteiger partial charge is 0.287 e. The predicted molar refractivity (Wildman–Crippen MR) is 88.8 cm³/mol. The summed E-state index contributed by atoms with van der Waals surface area (Å²) in [5.41, 5.74) is -0.0132. The highest BCUT2D eigenvalue weighted by Crippen LogP contribution is 2.30. The molecule has 1 N–H and O–H groups in total. The van der Waals surface area contributed by atoms with E-state index in [4.69, 9.17) is 4.42 Å². The molecule has 24 heavy (non-hydrogen) atoms. The number of aliphatic hydroxyl groups excluding tert-OH is 1. The van der Waals surface area contributed by atoms with E-state index in [1.54, 1.807) is 24.5 Å². The number of anilines is 1. The monoisotopic (exact) mass is 331 g/mol. The Morgan fingerprint density at radius 2 is 2.25 bits per heavy atom. The van der Waals surface area contributed by atoms with Crippen LogP contribution in [0, 0.1) is 10.1 Å². The lowest BCUT2D eigenvalue weighted by Gasteiger charge is -2.32. The zero-order valence-corrected chi connectivity index (χ0v) is 13.4. The van der Waals surface area contributed by atoms with E-state index < -0.39 is 11.0 Å². The van der Waals surface area contributed by atoms with Crippen LogP contribution in [0.25, 0.3) is 0 Å². The summed E-state index contributed by atoms with van der Waals surface area (Å²) < 4.78 is 5.29. The van der Waals surface area contributed by atoms with Gasteiger partial charge in [-0.25, -0.2) is 4.98 Å². The standard InChI is InChI=1S/C17H21N3O4/c21-15(16-6-4-10-24-16)11-13-5-2-1-3-9-19(13)17-8-7-14(12-18-17)20(22)23/h4,6-8,10,12-13,15,21H,1-3,5,9,11H2/t13-,15+/m1/s1. The molecule has 0 amide bonds. The lowest BCUT2D eigenvalue weighted by atomic mass is 10.0. The fraction of sp³-hybridized carbons (Fsp3) is 0.471. The quantitative estimate of drug-likeness (QED) is 0.666. The molecule has 0 spiro atoms. The number of aliphatic hydroxyl groups is 1. The zero-order valence-electron chi connectivity index (χ0n) is 13.4. The summed E-state index contributed by atoms with van der Waals surface area (Å²) >= 11 is 0. The number of aromatic nitrogens is 1. The molecule has 128 valence electrons. The highest BCUT2D eigenvalue weighted by molar-refractivity contribution is 5.44. The molecule has 1 saturated heterocycles. The van der Waals surface area contributed by atoms with Crippen LogP contribution in [-0.2, 0) is 0 Å². The molecule has 0 aliphatic carbocycles. The molecule has 1 aliphatic rings. The number of hydrogen-bond acceptors (Lipinski definition) is 6. The van der Waals surface area contributed by atoms with E-state index in [1.165, 1.54) is 12.3 Å².